The average molecular weight is 167 g/mol. The maximum atomic E-state index is 2.55. The molecule has 0 aliphatic carbocycles. The minimum atomic E-state index is 1.21. The van der Waals surface area contributed by atoms with Crippen molar-refractivity contribution < 1.29 is 0 Å². The lowest BCUT2D eigenvalue weighted by Gasteiger charge is -2.21. The summed E-state index contributed by atoms with van der Waals surface area (Å²) in [6, 6.07) is 0. The minimum absolute atomic E-state index is 1.21. The zero-order chi connectivity index (χ0) is 8.81. The first kappa shape index (κ1) is 9.63. The van der Waals surface area contributed by atoms with E-state index in [9.17, 15) is 0 Å². The van der Waals surface area contributed by atoms with Crippen LogP contribution in [-0.4, -0.2) is 18.0 Å². The highest BCUT2D eigenvalue weighted by atomic mass is 15.1. The van der Waals surface area contributed by atoms with Crippen LogP contribution in [-0.2, 0) is 0 Å². The lowest BCUT2D eigenvalue weighted by Crippen LogP contribution is -2.20. The van der Waals surface area contributed by atoms with E-state index in [4.69, 9.17) is 0 Å². The summed E-state index contributed by atoms with van der Waals surface area (Å²) in [5.41, 5.74) is 1.58. The molecule has 1 heterocycles. The van der Waals surface area contributed by atoms with Gasteiger partial charge in [-0.1, -0.05) is 32.8 Å². The first-order valence-corrected chi connectivity index (χ1v) is 5.32. The van der Waals surface area contributed by atoms with Gasteiger partial charge in [0.15, 0.2) is 0 Å². The molecular weight excluding hydrogens is 146 g/mol. The highest BCUT2D eigenvalue weighted by molar-refractivity contribution is 5.06. The topological polar surface area (TPSA) is 3.24 Å². The molecule has 0 spiro atoms. The second kappa shape index (κ2) is 5.23. The van der Waals surface area contributed by atoms with E-state index < -0.39 is 0 Å². The quantitative estimate of drug-likeness (QED) is 0.568. The Balaban J connectivity index is 2.19. The Kier molecular flexibility index (Phi) is 4.20. The van der Waals surface area contributed by atoms with Crippen molar-refractivity contribution >= 4 is 0 Å². The monoisotopic (exact) mass is 167 g/mol. The number of rotatable bonds is 5. The normalized spacial score (nSPS) is 16.8. The second-order valence-electron chi connectivity index (χ2n) is 3.53. The fourth-order valence-electron chi connectivity index (χ4n) is 1.84. The lowest BCUT2D eigenvalue weighted by atomic mass is 10.2. The van der Waals surface area contributed by atoms with Crippen LogP contribution in [0.15, 0.2) is 11.8 Å². The van der Waals surface area contributed by atoms with Gasteiger partial charge < -0.3 is 4.90 Å². The fourth-order valence-corrected chi connectivity index (χ4v) is 1.84. The summed E-state index contributed by atoms with van der Waals surface area (Å²) in [5.74, 6) is 0. The molecule has 0 aromatic rings. The van der Waals surface area contributed by atoms with Crippen LogP contribution >= 0.6 is 0 Å². The molecule has 1 aliphatic heterocycles. The Bertz CT molecular complexity index is 149. The Morgan fingerprint density at radius 2 is 2.17 bits per heavy atom. The molecule has 0 amide bonds. The molecule has 0 atom stereocenters. The predicted octanol–water partition coefficient (Wildman–Crippen LogP) is 3.18. The van der Waals surface area contributed by atoms with Crippen molar-refractivity contribution in [1.29, 1.82) is 0 Å². The van der Waals surface area contributed by atoms with Crippen LogP contribution in [0.25, 0.3) is 0 Å². The molecule has 0 saturated carbocycles. The molecule has 1 nitrogen and oxygen atoms in total. The molecule has 0 aromatic carbocycles. The van der Waals surface area contributed by atoms with Crippen molar-refractivity contribution in [3.8, 4) is 0 Å². The van der Waals surface area contributed by atoms with Gasteiger partial charge in [-0.05, 0) is 19.3 Å². The summed E-state index contributed by atoms with van der Waals surface area (Å²) < 4.78 is 0. The van der Waals surface area contributed by atoms with Gasteiger partial charge in [0, 0.05) is 18.8 Å². The summed E-state index contributed by atoms with van der Waals surface area (Å²) >= 11 is 0. The molecule has 0 unspecified atom stereocenters. The van der Waals surface area contributed by atoms with Gasteiger partial charge in [-0.2, -0.15) is 0 Å². The maximum Gasteiger partial charge on any atom is 0.0210 e. The molecule has 0 saturated heterocycles. The van der Waals surface area contributed by atoms with Crippen molar-refractivity contribution in [3.05, 3.63) is 11.8 Å². The number of allylic oxidation sites excluding steroid dienone is 1. The average Bonchev–Trinajstić information content (AvgIpc) is 2.52. The van der Waals surface area contributed by atoms with Crippen LogP contribution in [0, 0.1) is 0 Å². The van der Waals surface area contributed by atoms with Crippen molar-refractivity contribution in [2.45, 2.75) is 46.0 Å². The smallest absolute Gasteiger partial charge is 0.0210 e. The Labute approximate surface area is 76.5 Å². The lowest BCUT2D eigenvalue weighted by molar-refractivity contribution is 0.356. The standard InChI is InChI=1S/C11H21N/c1-3-5-6-9-12-10-7-8-11(12)4-2/h8H,3-7,9-10H2,1-2H3. The predicted molar refractivity (Wildman–Crippen MR) is 54.1 cm³/mol. The van der Waals surface area contributed by atoms with Gasteiger partial charge in [0.1, 0.15) is 0 Å². The third kappa shape index (κ3) is 2.54. The summed E-state index contributed by atoms with van der Waals surface area (Å²) in [5, 5.41) is 0. The molecule has 1 heteroatoms. The Morgan fingerprint density at radius 1 is 1.33 bits per heavy atom. The molecule has 1 aliphatic rings. The highest BCUT2D eigenvalue weighted by Crippen LogP contribution is 2.18. The van der Waals surface area contributed by atoms with Gasteiger partial charge in [0.05, 0.1) is 0 Å². The molecule has 0 N–H and O–H groups in total. The van der Waals surface area contributed by atoms with Crippen LogP contribution in [0.5, 0.6) is 0 Å². The van der Waals surface area contributed by atoms with Crippen LogP contribution < -0.4 is 0 Å². The van der Waals surface area contributed by atoms with Gasteiger partial charge in [0.25, 0.3) is 0 Å². The van der Waals surface area contributed by atoms with Gasteiger partial charge in [-0.15, -0.1) is 0 Å². The molecule has 70 valence electrons. The molecule has 0 aromatic heterocycles. The van der Waals surface area contributed by atoms with E-state index in [2.05, 4.69) is 24.8 Å². The molecule has 0 bridgehead atoms. The van der Waals surface area contributed by atoms with Crippen LogP contribution in [0.4, 0.5) is 0 Å². The fraction of sp³-hybridized carbons (Fsp3) is 0.818. The second-order valence-corrected chi connectivity index (χ2v) is 3.53. The van der Waals surface area contributed by atoms with E-state index in [0.717, 1.165) is 0 Å². The summed E-state index contributed by atoms with van der Waals surface area (Å²) in [6.45, 7) is 7.07. The van der Waals surface area contributed by atoms with Crippen LogP contribution in [0.3, 0.4) is 0 Å². The minimum Gasteiger partial charge on any atom is -0.375 e. The van der Waals surface area contributed by atoms with E-state index in [0.29, 0.717) is 0 Å². The molecular formula is C11H21N. The number of hydrogen-bond acceptors (Lipinski definition) is 1. The van der Waals surface area contributed by atoms with E-state index >= 15 is 0 Å². The first-order valence-electron chi connectivity index (χ1n) is 5.32. The number of hydrogen-bond donors (Lipinski definition) is 0. The van der Waals surface area contributed by atoms with Crippen molar-refractivity contribution in [3.63, 3.8) is 0 Å². The van der Waals surface area contributed by atoms with Crippen molar-refractivity contribution in [1.82, 2.24) is 4.90 Å². The van der Waals surface area contributed by atoms with Gasteiger partial charge in [-0.3, -0.25) is 0 Å². The van der Waals surface area contributed by atoms with Gasteiger partial charge in [-0.25, -0.2) is 0 Å². The van der Waals surface area contributed by atoms with E-state index in [1.807, 2.05) is 0 Å². The molecule has 0 fully saturated rings. The van der Waals surface area contributed by atoms with Crippen molar-refractivity contribution in [2.24, 2.45) is 0 Å². The zero-order valence-electron chi connectivity index (χ0n) is 8.47. The van der Waals surface area contributed by atoms with Gasteiger partial charge >= 0.3 is 0 Å². The maximum absolute atomic E-state index is 2.55. The Morgan fingerprint density at radius 3 is 2.83 bits per heavy atom. The molecule has 0 radical (unpaired) electrons. The Hall–Kier alpha value is -0.460. The molecule has 12 heavy (non-hydrogen) atoms. The van der Waals surface area contributed by atoms with Crippen LogP contribution in [0.2, 0.25) is 0 Å². The number of nitrogens with zero attached hydrogens (tertiary/aromatic N) is 1. The largest absolute Gasteiger partial charge is 0.375 e. The van der Waals surface area contributed by atoms with Gasteiger partial charge in [0.2, 0.25) is 0 Å². The third-order valence-electron chi connectivity index (χ3n) is 2.58. The van der Waals surface area contributed by atoms with E-state index in [1.54, 1.807) is 5.70 Å². The summed E-state index contributed by atoms with van der Waals surface area (Å²) in [4.78, 5) is 2.55. The SMILES string of the molecule is CCCCCN1CCC=C1CC. The van der Waals surface area contributed by atoms with Crippen molar-refractivity contribution in [2.75, 3.05) is 13.1 Å². The van der Waals surface area contributed by atoms with E-state index in [1.165, 1.54) is 45.2 Å². The van der Waals surface area contributed by atoms with Crippen LogP contribution in [0.1, 0.15) is 46.0 Å². The zero-order valence-corrected chi connectivity index (χ0v) is 8.47. The number of unbranched alkanes of at least 4 members (excludes halogenated alkanes) is 2. The molecule has 1 rings (SSSR count). The highest BCUT2D eigenvalue weighted by Gasteiger charge is 2.11. The first-order chi connectivity index (χ1) is 5.88. The third-order valence-corrected chi connectivity index (χ3v) is 2.58. The van der Waals surface area contributed by atoms with E-state index in [-0.39, 0.29) is 0 Å². The summed E-state index contributed by atoms with van der Waals surface area (Å²) in [7, 11) is 0. The summed E-state index contributed by atoms with van der Waals surface area (Å²) in [6.07, 6.45) is 8.97.